The number of benzene rings is 4. The number of sulfonamides is 1. The largest absolute Gasteiger partial charge is 0.493 e. The quantitative estimate of drug-likeness (QED) is 0.229. The van der Waals surface area contributed by atoms with Crippen molar-refractivity contribution < 1.29 is 26.1 Å². The fourth-order valence-corrected chi connectivity index (χ4v) is 8.08. The number of anilines is 1. The fourth-order valence-electron chi connectivity index (χ4n) is 5.85. The molecule has 2 aliphatic heterocycles. The summed E-state index contributed by atoms with van der Waals surface area (Å²) >= 11 is 0. The molecule has 1 saturated heterocycles. The van der Waals surface area contributed by atoms with Crippen molar-refractivity contribution in [3.63, 3.8) is 0 Å². The summed E-state index contributed by atoms with van der Waals surface area (Å²) in [6.07, 6.45) is 3.82. The summed E-state index contributed by atoms with van der Waals surface area (Å²) in [5.41, 5.74) is 2.07. The van der Waals surface area contributed by atoms with Gasteiger partial charge in [-0.2, -0.15) is 8.42 Å². The highest BCUT2D eigenvalue weighted by atomic mass is 32.2. The van der Waals surface area contributed by atoms with Crippen molar-refractivity contribution in [2.75, 3.05) is 30.5 Å². The molecule has 1 N–H and O–H groups in total. The Balaban J connectivity index is 0.000000328. The van der Waals surface area contributed by atoms with Crippen LogP contribution >= 0.6 is 0 Å². The first kappa shape index (κ1) is 31.7. The second-order valence-electron chi connectivity index (χ2n) is 11.0. The maximum absolute atomic E-state index is 13.7. The third-order valence-corrected chi connectivity index (χ3v) is 10.9. The molecule has 4 aromatic rings. The summed E-state index contributed by atoms with van der Waals surface area (Å²) in [7, 11) is -7.64. The maximum Gasteiger partial charge on any atom is 0.294 e. The molecule has 0 amide bonds. The molecular weight excluding hydrogens is 597 g/mol. The van der Waals surface area contributed by atoms with Gasteiger partial charge in [0, 0.05) is 19.1 Å². The van der Waals surface area contributed by atoms with Crippen LogP contribution in [-0.2, 0) is 20.1 Å². The van der Waals surface area contributed by atoms with Crippen LogP contribution in [0.15, 0.2) is 125 Å². The lowest BCUT2D eigenvalue weighted by atomic mass is 9.90. The van der Waals surface area contributed by atoms with Crippen LogP contribution in [0, 0.1) is 0 Å². The highest BCUT2D eigenvalue weighted by Crippen LogP contribution is 2.36. The van der Waals surface area contributed by atoms with Crippen molar-refractivity contribution in [2.24, 2.45) is 0 Å². The van der Waals surface area contributed by atoms with Crippen molar-refractivity contribution in [3.8, 4) is 5.75 Å². The van der Waals surface area contributed by atoms with Gasteiger partial charge in [0.05, 0.1) is 22.1 Å². The normalized spacial score (nSPS) is 17.4. The van der Waals surface area contributed by atoms with E-state index in [2.05, 4.69) is 23.1 Å². The summed E-state index contributed by atoms with van der Waals surface area (Å²) in [6, 6.07) is 34.1. The number of para-hydroxylation sites is 2. The van der Waals surface area contributed by atoms with Gasteiger partial charge < -0.3 is 9.64 Å². The molecule has 44 heavy (non-hydrogen) atoms. The third kappa shape index (κ3) is 7.87. The van der Waals surface area contributed by atoms with Crippen LogP contribution in [-0.4, -0.2) is 58.6 Å². The third-order valence-electron chi connectivity index (χ3n) is 8.12. The number of hydrogen-bond donors (Lipinski definition) is 1. The van der Waals surface area contributed by atoms with Gasteiger partial charge >= 0.3 is 0 Å². The molecule has 0 aromatic heterocycles. The molecule has 1 unspecified atom stereocenters. The van der Waals surface area contributed by atoms with Crippen molar-refractivity contribution in [3.05, 3.63) is 121 Å². The fraction of sp³-hybridized carbons (Fsp3) is 0.294. The lowest BCUT2D eigenvalue weighted by molar-refractivity contribution is 0.196. The van der Waals surface area contributed by atoms with Crippen LogP contribution in [0.4, 0.5) is 5.69 Å². The predicted octanol–water partition coefficient (Wildman–Crippen LogP) is 6.24. The number of ether oxygens (including phenoxy) is 1. The van der Waals surface area contributed by atoms with Gasteiger partial charge in [0.2, 0.25) is 0 Å². The van der Waals surface area contributed by atoms with Gasteiger partial charge in [0.25, 0.3) is 20.1 Å². The van der Waals surface area contributed by atoms with Crippen molar-refractivity contribution in [1.82, 2.24) is 4.90 Å². The Labute approximate surface area is 260 Å². The van der Waals surface area contributed by atoms with Crippen LogP contribution < -0.4 is 9.04 Å². The number of hydrogen-bond acceptors (Lipinski definition) is 6. The molecule has 0 aliphatic carbocycles. The van der Waals surface area contributed by atoms with E-state index in [0.717, 1.165) is 63.4 Å². The van der Waals surface area contributed by atoms with E-state index in [4.69, 9.17) is 9.29 Å². The lowest BCUT2D eigenvalue weighted by Crippen LogP contribution is -2.47. The summed E-state index contributed by atoms with van der Waals surface area (Å²) in [6.45, 7) is 3.63. The van der Waals surface area contributed by atoms with E-state index in [-0.39, 0.29) is 10.9 Å². The summed E-state index contributed by atoms with van der Waals surface area (Å²) in [4.78, 5) is 2.77. The zero-order chi connectivity index (χ0) is 31.0. The lowest BCUT2D eigenvalue weighted by Gasteiger charge is -2.39. The van der Waals surface area contributed by atoms with E-state index in [1.165, 1.54) is 17.7 Å². The van der Waals surface area contributed by atoms with Crippen molar-refractivity contribution in [1.29, 1.82) is 0 Å². The Bertz CT molecular complexity index is 1690. The molecule has 2 aliphatic rings. The van der Waals surface area contributed by atoms with E-state index in [1.54, 1.807) is 46.8 Å². The Morgan fingerprint density at radius 2 is 1.25 bits per heavy atom. The molecule has 232 valence electrons. The second-order valence-corrected chi connectivity index (χ2v) is 14.2. The monoisotopic (exact) mass is 634 g/mol. The summed E-state index contributed by atoms with van der Waals surface area (Å²) in [5.74, 6) is 1.56. The molecule has 0 radical (unpaired) electrons. The van der Waals surface area contributed by atoms with Crippen LogP contribution in [0.1, 0.15) is 37.2 Å². The highest BCUT2D eigenvalue weighted by Gasteiger charge is 2.34. The average molecular weight is 635 g/mol. The van der Waals surface area contributed by atoms with Crippen molar-refractivity contribution in [2.45, 2.75) is 47.4 Å². The first-order chi connectivity index (χ1) is 21.2. The first-order valence-corrected chi connectivity index (χ1v) is 17.7. The Morgan fingerprint density at radius 3 is 1.84 bits per heavy atom. The molecule has 6 rings (SSSR count). The van der Waals surface area contributed by atoms with E-state index in [9.17, 15) is 16.8 Å². The molecule has 1 atom stereocenters. The minimum atomic E-state index is -4.00. The van der Waals surface area contributed by atoms with E-state index >= 15 is 0 Å². The highest BCUT2D eigenvalue weighted by molar-refractivity contribution is 7.92. The Morgan fingerprint density at radius 1 is 0.705 bits per heavy atom. The van der Waals surface area contributed by atoms with E-state index in [0.29, 0.717) is 10.8 Å². The van der Waals surface area contributed by atoms with Crippen LogP contribution in [0.5, 0.6) is 5.75 Å². The number of rotatable bonds is 8. The van der Waals surface area contributed by atoms with Gasteiger partial charge in [0.1, 0.15) is 5.75 Å². The topological polar surface area (TPSA) is 104 Å². The molecule has 4 aromatic carbocycles. The van der Waals surface area contributed by atoms with Crippen LogP contribution in [0.3, 0.4) is 0 Å². The molecule has 0 saturated carbocycles. The zero-order valence-electron chi connectivity index (χ0n) is 24.5. The van der Waals surface area contributed by atoms with Crippen LogP contribution in [0.2, 0.25) is 0 Å². The minimum absolute atomic E-state index is 0.0485. The van der Waals surface area contributed by atoms with E-state index in [1.807, 2.05) is 42.5 Å². The maximum atomic E-state index is 13.7. The number of likely N-dealkylation sites (tertiary alicyclic amines) is 1. The molecule has 0 spiro atoms. The Kier molecular flexibility index (Phi) is 10.4. The molecule has 2 heterocycles. The Hall–Kier alpha value is -3.70. The van der Waals surface area contributed by atoms with Gasteiger partial charge in [-0.15, -0.1) is 0 Å². The number of fused-ring (bicyclic) bond motifs is 1. The zero-order valence-corrected chi connectivity index (χ0v) is 26.1. The SMILES string of the molecule is O=S(=O)(O)c1ccccc1.O=S(=O)(c1ccccc1)N(c1ccccc1)C1CCN(CCC2CCOc3ccccc32)CC1. The molecule has 0 bridgehead atoms. The van der Waals surface area contributed by atoms with Crippen molar-refractivity contribution >= 4 is 25.8 Å². The molecule has 8 nitrogen and oxygen atoms in total. The summed E-state index contributed by atoms with van der Waals surface area (Å²) < 4.78 is 64.0. The first-order valence-electron chi connectivity index (χ1n) is 14.8. The van der Waals surface area contributed by atoms with Gasteiger partial charge in [-0.3, -0.25) is 8.86 Å². The van der Waals surface area contributed by atoms with Gasteiger partial charge in [0.15, 0.2) is 0 Å². The smallest absolute Gasteiger partial charge is 0.294 e. The number of piperidine rings is 1. The minimum Gasteiger partial charge on any atom is -0.493 e. The van der Waals surface area contributed by atoms with Gasteiger partial charge in [-0.05, 0) is 86.2 Å². The summed E-state index contributed by atoms with van der Waals surface area (Å²) in [5, 5.41) is 0. The predicted molar refractivity (Wildman–Crippen MR) is 172 cm³/mol. The van der Waals surface area contributed by atoms with Crippen LogP contribution in [0.25, 0.3) is 0 Å². The van der Waals surface area contributed by atoms with E-state index < -0.39 is 20.1 Å². The molecular formula is C34H38N2O6S2. The molecule has 1 fully saturated rings. The number of nitrogens with zero attached hydrogens (tertiary/aromatic N) is 2. The average Bonchev–Trinajstić information content (AvgIpc) is 3.06. The molecule has 10 heteroatoms. The second kappa shape index (κ2) is 14.4. The van der Waals surface area contributed by atoms with Gasteiger partial charge in [-0.1, -0.05) is 72.8 Å². The van der Waals surface area contributed by atoms with Gasteiger partial charge in [-0.25, -0.2) is 8.42 Å². The standard InChI is InChI=1S/C28H32N2O3S.C6H6O3S/c31-34(32,26-11-5-2-6-12-26)30(24-9-3-1-4-10-24)25-16-20-29(21-17-25)19-15-23-18-22-33-28-14-8-7-13-27(23)28;7-10(8,9)6-4-2-1-3-5-6/h1-14,23,25H,15-22H2;1-5H,(H,7,8,9).